The van der Waals surface area contributed by atoms with Crippen molar-refractivity contribution in [1.82, 2.24) is 4.98 Å². The summed E-state index contributed by atoms with van der Waals surface area (Å²) in [7, 11) is 0. The van der Waals surface area contributed by atoms with Crippen molar-refractivity contribution in [3.8, 4) is 0 Å². The Morgan fingerprint density at radius 1 is 1.43 bits per heavy atom. The first-order chi connectivity index (χ1) is 6.70. The molecule has 1 aliphatic rings. The Morgan fingerprint density at radius 3 is 2.71 bits per heavy atom. The standard InChI is InChI=1S/C9H9N3O2/c10-6-5-8(13)12(9(6)14)7-3-1-2-4-11-7/h1-4,6H,5,10H2/t6-/m0/s1. The molecule has 0 aromatic carbocycles. The van der Waals surface area contributed by atoms with Crippen LogP contribution in [0.3, 0.4) is 0 Å². The van der Waals surface area contributed by atoms with Gasteiger partial charge in [-0.2, -0.15) is 0 Å². The Bertz CT molecular complexity index is 377. The molecule has 0 bridgehead atoms. The second-order valence-electron chi connectivity index (χ2n) is 3.07. The zero-order valence-corrected chi connectivity index (χ0v) is 7.38. The fourth-order valence-electron chi connectivity index (χ4n) is 1.38. The molecule has 1 aromatic rings. The van der Waals surface area contributed by atoms with Crippen molar-refractivity contribution in [2.75, 3.05) is 4.90 Å². The molecule has 5 nitrogen and oxygen atoms in total. The average Bonchev–Trinajstić information content (AvgIpc) is 2.43. The van der Waals surface area contributed by atoms with Crippen LogP contribution in [0.5, 0.6) is 0 Å². The van der Waals surface area contributed by atoms with E-state index in [0.29, 0.717) is 5.82 Å². The van der Waals surface area contributed by atoms with Crippen molar-refractivity contribution in [2.24, 2.45) is 5.73 Å². The zero-order chi connectivity index (χ0) is 10.1. The normalized spacial score (nSPS) is 21.8. The van der Waals surface area contributed by atoms with E-state index in [2.05, 4.69) is 4.98 Å². The first-order valence-electron chi connectivity index (χ1n) is 4.23. The summed E-state index contributed by atoms with van der Waals surface area (Å²) < 4.78 is 0. The number of nitrogens with zero attached hydrogens (tertiary/aromatic N) is 2. The maximum Gasteiger partial charge on any atom is 0.252 e. The third-order valence-corrected chi connectivity index (χ3v) is 2.06. The molecule has 1 atom stereocenters. The number of hydrogen-bond acceptors (Lipinski definition) is 4. The topological polar surface area (TPSA) is 76.3 Å². The molecule has 2 heterocycles. The molecular weight excluding hydrogens is 182 g/mol. The minimum Gasteiger partial charge on any atom is -0.319 e. The van der Waals surface area contributed by atoms with Gasteiger partial charge in [0, 0.05) is 6.20 Å². The summed E-state index contributed by atoms with van der Waals surface area (Å²) in [4.78, 5) is 27.8. The number of aromatic nitrogens is 1. The van der Waals surface area contributed by atoms with Gasteiger partial charge in [0.1, 0.15) is 5.82 Å². The van der Waals surface area contributed by atoms with Crippen molar-refractivity contribution >= 4 is 17.6 Å². The van der Waals surface area contributed by atoms with Crippen LogP contribution in [0.25, 0.3) is 0 Å². The Balaban J connectivity index is 2.36. The summed E-state index contributed by atoms with van der Waals surface area (Å²) in [5.74, 6) is -0.328. The van der Waals surface area contributed by atoms with Crippen LogP contribution in [-0.4, -0.2) is 22.8 Å². The van der Waals surface area contributed by atoms with Crippen molar-refractivity contribution < 1.29 is 9.59 Å². The van der Waals surface area contributed by atoms with Crippen molar-refractivity contribution in [2.45, 2.75) is 12.5 Å². The van der Waals surface area contributed by atoms with Gasteiger partial charge < -0.3 is 5.73 Å². The van der Waals surface area contributed by atoms with Gasteiger partial charge in [0.25, 0.3) is 5.91 Å². The summed E-state index contributed by atoms with van der Waals surface area (Å²) in [5.41, 5.74) is 5.46. The molecule has 0 unspecified atom stereocenters. The molecule has 2 rings (SSSR count). The van der Waals surface area contributed by atoms with Crippen LogP contribution in [0.15, 0.2) is 24.4 Å². The summed E-state index contributed by atoms with van der Waals surface area (Å²) in [5, 5.41) is 0. The van der Waals surface area contributed by atoms with Crippen LogP contribution in [0, 0.1) is 0 Å². The number of carbonyl (C=O) groups is 2. The largest absolute Gasteiger partial charge is 0.319 e. The van der Waals surface area contributed by atoms with E-state index >= 15 is 0 Å². The molecule has 1 saturated heterocycles. The van der Waals surface area contributed by atoms with Gasteiger partial charge in [-0.3, -0.25) is 9.59 Å². The molecule has 72 valence electrons. The lowest BCUT2D eigenvalue weighted by atomic mass is 10.3. The lowest BCUT2D eigenvalue weighted by molar-refractivity contribution is -0.121. The summed E-state index contributed by atoms with van der Waals surface area (Å²) >= 11 is 0. The number of rotatable bonds is 1. The second kappa shape index (κ2) is 3.19. The van der Waals surface area contributed by atoms with Gasteiger partial charge >= 0.3 is 0 Å². The van der Waals surface area contributed by atoms with Crippen LogP contribution in [0.2, 0.25) is 0 Å². The predicted molar refractivity (Wildman–Crippen MR) is 49.3 cm³/mol. The maximum absolute atomic E-state index is 11.5. The van der Waals surface area contributed by atoms with Crippen molar-refractivity contribution in [3.05, 3.63) is 24.4 Å². The summed E-state index contributed by atoms with van der Waals surface area (Å²) in [6.07, 6.45) is 1.59. The first kappa shape index (κ1) is 8.83. The number of amides is 2. The molecule has 14 heavy (non-hydrogen) atoms. The van der Waals surface area contributed by atoms with Crippen LogP contribution in [0.1, 0.15) is 6.42 Å². The highest BCUT2D eigenvalue weighted by Crippen LogP contribution is 2.18. The number of nitrogens with two attached hydrogens (primary N) is 1. The Labute approximate surface area is 80.5 Å². The number of anilines is 1. The quantitative estimate of drug-likeness (QED) is 0.617. The highest BCUT2D eigenvalue weighted by Gasteiger charge is 2.37. The molecular formula is C9H9N3O2. The Kier molecular flexibility index (Phi) is 2.01. The molecule has 1 fully saturated rings. The lowest BCUT2D eigenvalue weighted by Crippen LogP contribution is -2.35. The molecule has 0 spiro atoms. The molecule has 1 aliphatic heterocycles. The molecule has 0 aliphatic carbocycles. The maximum atomic E-state index is 11.5. The first-order valence-corrected chi connectivity index (χ1v) is 4.23. The highest BCUT2D eigenvalue weighted by atomic mass is 16.2. The van der Waals surface area contributed by atoms with E-state index in [9.17, 15) is 9.59 Å². The second-order valence-corrected chi connectivity index (χ2v) is 3.07. The number of hydrogen-bond donors (Lipinski definition) is 1. The van der Waals surface area contributed by atoms with Crippen LogP contribution in [0.4, 0.5) is 5.82 Å². The SMILES string of the molecule is N[C@H]1CC(=O)N(c2ccccn2)C1=O. The van der Waals surface area contributed by atoms with E-state index in [1.165, 1.54) is 6.20 Å². The predicted octanol–water partition coefficient (Wildman–Crippen LogP) is -0.328. The number of pyridine rings is 1. The summed E-state index contributed by atoms with van der Waals surface area (Å²) in [6.45, 7) is 0. The lowest BCUT2D eigenvalue weighted by Gasteiger charge is -2.11. The third-order valence-electron chi connectivity index (χ3n) is 2.06. The minimum atomic E-state index is -0.718. The van der Waals surface area contributed by atoms with Gasteiger partial charge in [0.15, 0.2) is 0 Å². The molecule has 0 saturated carbocycles. The molecule has 0 radical (unpaired) electrons. The van der Waals surface area contributed by atoms with Gasteiger partial charge in [-0.15, -0.1) is 0 Å². The van der Waals surface area contributed by atoms with E-state index in [0.717, 1.165) is 4.90 Å². The van der Waals surface area contributed by atoms with Gasteiger partial charge in [-0.05, 0) is 12.1 Å². The zero-order valence-electron chi connectivity index (χ0n) is 7.38. The Hall–Kier alpha value is -1.75. The van der Waals surface area contributed by atoms with Gasteiger partial charge in [-0.25, -0.2) is 9.88 Å². The highest BCUT2D eigenvalue weighted by molar-refractivity contribution is 6.21. The number of imide groups is 1. The van der Waals surface area contributed by atoms with E-state index in [1.54, 1.807) is 18.2 Å². The van der Waals surface area contributed by atoms with Gasteiger partial charge in [0.05, 0.1) is 12.5 Å². The third kappa shape index (κ3) is 1.27. The molecule has 1 aromatic heterocycles. The van der Waals surface area contributed by atoms with Crippen molar-refractivity contribution in [3.63, 3.8) is 0 Å². The fourth-order valence-corrected chi connectivity index (χ4v) is 1.38. The number of carbonyl (C=O) groups excluding carboxylic acids is 2. The smallest absolute Gasteiger partial charge is 0.252 e. The minimum absolute atomic E-state index is 0.0649. The van der Waals surface area contributed by atoms with Gasteiger partial charge in [-0.1, -0.05) is 6.07 Å². The van der Waals surface area contributed by atoms with E-state index in [-0.39, 0.29) is 18.2 Å². The van der Waals surface area contributed by atoms with Gasteiger partial charge in [0.2, 0.25) is 5.91 Å². The summed E-state index contributed by atoms with van der Waals surface area (Å²) in [6, 6.07) is 4.32. The Morgan fingerprint density at radius 2 is 2.21 bits per heavy atom. The molecule has 2 N–H and O–H groups in total. The monoisotopic (exact) mass is 191 g/mol. The fraction of sp³-hybridized carbons (Fsp3) is 0.222. The molecule has 2 amide bonds. The van der Waals surface area contributed by atoms with E-state index in [4.69, 9.17) is 5.73 Å². The average molecular weight is 191 g/mol. The van der Waals surface area contributed by atoms with Crippen molar-refractivity contribution in [1.29, 1.82) is 0 Å². The van der Waals surface area contributed by atoms with E-state index < -0.39 is 6.04 Å². The van der Waals surface area contributed by atoms with Crippen LogP contribution >= 0.6 is 0 Å². The molecule has 5 heteroatoms. The van der Waals surface area contributed by atoms with Crippen LogP contribution < -0.4 is 10.6 Å². The van der Waals surface area contributed by atoms with Crippen LogP contribution in [-0.2, 0) is 9.59 Å². The van der Waals surface area contributed by atoms with E-state index in [1.807, 2.05) is 0 Å².